The topological polar surface area (TPSA) is 101 Å². The molecule has 1 aromatic heterocycles. The van der Waals surface area contributed by atoms with Crippen LogP contribution < -0.4 is 21.9 Å². The number of nitrogens with one attached hydrogen (secondary N) is 1. The van der Waals surface area contributed by atoms with Gasteiger partial charge >= 0.3 is 5.69 Å². The van der Waals surface area contributed by atoms with E-state index in [0.29, 0.717) is 18.4 Å². The van der Waals surface area contributed by atoms with Gasteiger partial charge in [-0.25, -0.2) is 4.79 Å². The summed E-state index contributed by atoms with van der Waals surface area (Å²) in [6.07, 6.45) is 1.17. The normalized spacial score (nSPS) is 10.8. The summed E-state index contributed by atoms with van der Waals surface area (Å²) in [5.74, 6) is -0.370. The fourth-order valence-corrected chi connectivity index (χ4v) is 4.14. The lowest BCUT2D eigenvalue weighted by atomic mass is 9.98. The number of H-pyrrole nitrogens is 1. The largest absolute Gasteiger partial charge is 0.383 e. The van der Waals surface area contributed by atoms with Gasteiger partial charge < -0.3 is 10.6 Å². The predicted molar refractivity (Wildman–Crippen MR) is 139 cm³/mol. The van der Waals surface area contributed by atoms with E-state index in [0.717, 1.165) is 16.7 Å². The van der Waals surface area contributed by atoms with Crippen molar-refractivity contribution in [2.75, 3.05) is 17.2 Å². The first-order valence-corrected chi connectivity index (χ1v) is 11.6. The van der Waals surface area contributed by atoms with E-state index in [-0.39, 0.29) is 30.5 Å². The third-order valence-electron chi connectivity index (χ3n) is 5.85. The number of hydrogen-bond acceptors (Lipinski definition) is 4. The molecule has 0 saturated carbocycles. The molecule has 0 radical (unpaired) electrons. The first-order valence-electron chi connectivity index (χ1n) is 11.6. The Morgan fingerprint density at radius 1 is 0.886 bits per heavy atom. The number of nitrogens with zero attached hydrogens (tertiary/aromatic N) is 2. The Kier molecular flexibility index (Phi) is 7.26. The molecule has 1 amide bonds. The fourth-order valence-electron chi connectivity index (χ4n) is 4.14. The number of amides is 1. The van der Waals surface area contributed by atoms with Crippen LogP contribution in [0.5, 0.6) is 0 Å². The zero-order valence-electron chi connectivity index (χ0n) is 19.6. The highest BCUT2D eigenvalue weighted by molar-refractivity contribution is 6.08. The van der Waals surface area contributed by atoms with E-state index in [1.807, 2.05) is 79.7 Å². The minimum absolute atomic E-state index is 0.0121. The third kappa shape index (κ3) is 5.24. The van der Waals surface area contributed by atoms with Crippen molar-refractivity contribution in [1.29, 1.82) is 0 Å². The third-order valence-corrected chi connectivity index (χ3v) is 5.85. The first-order chi connectivity index (χ1) is 17.0. The number of carbonyl (C=O) groups excluding carboxylic acids is 1. The van der Waals surface area contributed by atoms with Gasteiger partial charge in [-0.05, 0) is 35.6 Å². The van der Waals surface area contributed by atoms with Crippen molar-refractivity contribution in [3.05, 3.63) is 128 Å². The molecule has 178 valence electrons. The summed E-state index contributed by atoms with van der Waals surface area (Å²) in [4.78, 5) is 43.1. The van der Waals surface area contributed by atoms with Crippen molar-refractivity contribution < 1.29 is 4.79 Å². The quantitative estimate of drug-likeness (QED) is 0.411. The van der Waals surface area contributed by atoms with Gasteiger partial charge in [0, 0.05) is 12.1 Å². The molecule has 0 fully saturated rings. The Bertz CT molecular complexity index is 1430. The molecule has 4 rings (SSSR count). The van der Waals surface area contributed by atoms with Gasteiger partial charge in [-0.15, -0.1) is 0 Å². The van der Waals surface area contributed by atoms with Crippen LogP contribution in [-0.4, -0.2) is 22.0 Å². The minimum atomic E-state index is -0.681. The van der Waals surface area contributed by atoms with Crippen molar-refractivity contribution in [2.45, 2.75) is 26.3 Å². The molecule has 4 aromatic rings. The zero-order chi connectivity index (χ0) is 24.8. The number of nitrogen functional groups attached to an aromatic ring is 1. The van der Waals surface area contributed by atoms with Gasteiger partial charge in [-0.1, -0.05) is 85.8 Å². The second-order valence-electron chi connectivity index (χ2n) is 8.34. The van der Waals surface area contributed by atoms with E-state index in [2.05, 4.69) is 4.98 Å². The molecule has 3 aromatic carbocycles. The molecule has 0 atom stereocenters. The van der Waals surface area contributed by atoms with Gasteiger partial charge in [-0.2, -0.15) is 0 Å². The van der Waals surface area contributed by atoms with Gasteiger partial charge in [0.1, 0.15) is 5.82 Å². The Labute approximate surface area is 203 Å². The van der Waals surface area contributed by atoms with Crippen molar-refractivity contribution in [3.63, 3.8) is 0 Å². The van der Waals surface area contributed by atoms with Crippen LogP contribution in [-0.2, 0) is 13.0 Å². The number of benzene rings is 3. The summed E-state index contributed by atoms with van der Waals surface area (Å²) in [6.45, 7) is 2.36. The molecule has 3 N–H and O–H groups in total. The molecular weight excluding hydrogens is 440 g/mol. The number of aromatic nitrogens is 2. The van der Waals surface area contributed by atoms with Crippen LogP contribution in [0.2, 0.25) is 0 Å². The smallest absolute Gasteiger partial charge is 0.330 e. The van der Waals surface area contributed by atoms with Crippen LogP contribution in [0.3, 0.4) is 0 Å². The van der Waals surface area contributed by atoms with Crippen LogP contribution in [0.25, 0.3) is 0 Å². The van der Waals surface area contributed by atoms with E-state index < -0.39 is 11.2 Å². The van der Waals surface area contributed by atoms with E-state index in [9.17, 15) is 14.4 Å². The lowest BCUT2D eigenvalue weighted by Gasteiger charge is -2.25. The lowest BCUT2D eigenvalue weighted by molar-refractivity contribution is 0.0985. The van der Waals surface area contributed by atoms with Crippen molar-refractivity contribution >= 4 is 17.4 Å². The second kappa shape index (κ2) is 10.7. The Morgan fingerprint density at radius 3 is 2.14 bits per heavy atom. The highest BCUT2D eigenvalue weighted by Crippen LogP contribution is 2.23. The second-order valence-corrected chi connectivity index (χ2v) is 8.34. The molecule has 0 aliphatic carbocycles. The Morgan fingerprint density at radius 2 is 1.49 bits per heavy atom. The minimum Gasteiger partial charge on any atom is -0.383 e. The van der Waals surface area contributed by atoms with Gasteiger partial charge in [0.2, 0.25) is 0 Å². The molecule has 7 nitrogen and oxygen atoms in total. The monoisotopic (exact) mass is 468 g/mol. The zero-order valence-corrected chi connectivity index (χ0v) is 19.6. The summed E-state index contributed by atoms with van der Waals surface area (Å²) in [5, 5.41) is 0. The molecule has 0 unspecified atom stereocenters. The number of anilines is 2. The molecule has 0 bridgehead atoms. The average molecular weight is 469 g/mol. The predicted octanol–water partition coefficient (Wildman–Crippen LogP) is 3.81. The lowest BCUT2D eigenvalue weighted by Crippen LogP contribution is -2.42. The average Bonchev–Trinajstić information content (AvgIpc) is 2.87. The van der Waals surface area contributed by atoms with Crippen LogP contribution >= 0.6 is 0 Å². The van der Waals surface area contributed by atoms with Gasteiger partial charge in [0.15, 0.2) is 5.69 Å². The highest BCUT2D eigenvalue weighted by atomic mass is 16.2. The van der Waals surface area contributed by atoms with Crippen molar-refractivity contribution in [2.24, 2.45) is 0 Å². The Hall–Kier alpha value is -4.39. The summed E-state index contributed by atoms with van der Waals surface area (Å²) in [5.41, 5.74) is 8.34. The summed E-state index contributed by atoms with van der Waals surface area (Å²) >= 11 is 0. The summed E-state index contributed by atoms with van der Waals surface area (Å²) < 4.78 is 1.29. The van der Waals surface area contributed by atoms with Gasteiger partial charge in [0.05, 0.1) is 6.54 Å². The van der Waals surface area contributed by atoms with E-state index in [4.69, 9.17) is 5.73 Å². The molecule has 35 heavy (non-hydrogen) atoms. The van der Waals surface area contributed by atoms with Crippen LogP contribution in [0.4, 0.5) is 11.5 Å². The molecule has 0 saturated heterocycles. The first kappa shape index (κ1) is 23.8. The van der Waals surface area contributed by atoms with E-state index in [1.165, 1.54) is 9.47 Å². The molecule has 0 aliphatic rings. The number of hydrogen-bond donors (Lipinski definition) is 2. The molecule has 7 heteroatoms. The van der Waals surface area contributed by atoms with Gasteiger partial charge in [-0.3, -0.25) is 19.1 Å². The molecule has 1 heterocycles. The van der Waals surface area contributed by atoms with Crippen molar-refractivity contribution in [3.8, 4) is 0 Å². The fraction of sp³-hybridized carbons (Fsp3) is 0.179. The standard InChI is InChI=1S/C28H28N4O3/c1-2-17-31(27(34)23-16-10-9-15-22(23)18-20-11-5-3-6-12-20)24-25(29)32(28(35)30-26(24)33)19-21-13-7-4-8-14-21/h3-16H,2,17-19,29H2,1H3,(H,30,33,35). The Balaban J connectivity index is 1.77. The maximum absolute atomic E-state index is 13.8. The van der Waals surface area contributed by atoms with Gasteiger partial charge in [0.25, 0.3) is 11.5 Å². The maximum Gasteiger partial charge on any atom is 0.330 e. The maximum atomic E-state index is 13.8. The summed E-state index contributed by atoms with van der Waals surface area (Å²) in [6, 6.07) is 26.6. The van der Waals surface area contributed by atoms with Crippen LogP contribution in [0.1, 0.15) is 40.4 Å². The van der Waals surface area contributed by atoms with E-state index >= 15 is 0 Å². The molecule has 0 spiro atoms. The number of rotatable bonds is 8. The highest BCUT2D eigenvalue weighted by Gasteiger charge is 2.26. The SMILES string of the molecule is CCCN(C(=O)c1ccccc1Cc1ccccc1)c1c(N)n(Cc2ccccc2)c(=O)[nH]c1=O. The van der Waals surface area contributed by atoms with Crippen LogP contribution in [0.15, 0.2) is 94.5 Å². The number of nitrogens with two attached hydrogens (primary N) is 1. The molecule has 0 aliphatic heterocycles. The van der Waals surface area contributed by atoms with E-state index in [1.54, 1.807) is 12.1 Å². The number of aromatic amines is 1. The van der Waals surface area contributed by atoms with Crippen LogP contribution in [0, 0.1) is 0 Å². The molecular formula is C28H28N4O3. The van der Waals surface area contributed by atoms with Crippen molar-refractivity contribution in [1.82, 2.24) is 9.55 Å². The summed E-state index contributed by atoms with van der Waals surface area (Å²) in [7, 11) is 0. The number of carbonyl (C=O) groups is 1.